The molecule has 5 nitrogen and oxygen atoms in total. The lowest BCUT2D eigenvalue weighted by Crippen LogP contribution is -2.39. The summed E-state index contributed by atoms with van der Waals surface area (Å²) in [4.78, 5) is 16.3. The Labute approximate surface area is 129 Å². The number of nitrogens with zero attached hydrogens (tertiary/aromatic N) is 2. The molecule has 5 heteroatoms. The summed E-state index contributed by atoms with van der Waals surface area (Å²) < 4.78 is 11.2. The van der Waals surface area contributed by atoms with Crippen molar-refractivity contribution in [3.05, 3.63) is 0 Å². The molecular formula is C16H32N2O3. The van der Waals surface area contributed by atoms with E-state index in [1.807, 2.05) is 25.7 Å². The molecule has 0 aliphatic carbocycles. The Balaban J connectivity index is 2.35. The van der Waals surface area contributed by atoms with Crippen LogP contribution >= 0.6 is 0 Å². The minimum Gasteiger partial charge on any atom is -0.444 e. The maximum atomic E-state index is 12.1. The quantitative estimate of drug-likeness (QED) is 0.804. The molecule has 1 fully saturated rings. The molecule has 1 heterocycles. The van der Waals surface area contributed by atoms with E-state index >= 15 is 0 Å². The van der Waals surface area contributed by atoms with E-state index in [-0.39, 0.29) is 11.7 Å². The lowest BCUT2D eigenvalue weighted by Gasteiger charge is -2.27. The van der Waals surface area contributed by atoms with E-state index in [4.69, 9.17) is 9.47 Å². The standard InChI is InChI=1S/C16H32N2O3/c1-15(2,3)20-13-12-17-8-7-9-18(11-10-17)14(19)21-16(4,5)6/h7-13H2,1-6H3. The van der Waals surface area contributed by atoms with E-state index < -0.39 is 5.60 Å². The molecule has 0 saturated carbocycles. The van der Waals surface area contributed by atoms with Crippen molar-refractivity contribution >= 4 is 6.09 Å². The molecule has 0 N–H and O–H groups in total. The fraction of sp³-hybridized carbons (Fsp3) is 0.938. The monoisotopic (exact) mass is 300 g/mol. The van der Waals surface area contributed by atoms with Gasteiger partial charge < -0.3 is 14.4 Å². The number of hydrogen-bond acceptors (Lipinski definition) is 4. The highest BCUT2D eigenvalue weighted by atomic mass is 16.6. The van der Waals surface area contributed by atoms with Gasteiger partial charge in [0.1, 0.15) is 5.60 Å². The summed E-state index contributed by atoms with van der Waals surface area (Å²) >= 11 is 0. The van der Waals surface area contributed by atoms with Crippen molar-refractivity contribution in [1.82, 2.24) is 9.80 Å². The summed E-state index contributed by atoms with van der Waals surface area (Å²) in [5, 5.41) is 0. The summed E-state index contributed by atoms with van der Waals surface area (Å²) in [6, 6.07) is 0. The van der Waals surface area contributed by atoms with Crippen LogP contribution in [0, 0.1) is 0 Å². The Morgan fingerprint density at radius 3 is 2.19 bits per heavy atom. The maximum absolute atomic E-state index is 12.1. The Morgan fingerprint density at radius 2 is 1.62 bits per heavy atom. The Hall–Kier alpha value is -0.810. The summed E-state index contributed by atoms with van der Waals surface area (Å²) in [6.45, 7) is 16.9. The van der Waals surface area contributed by atoms with Gasteiger partial charge in [0, 0.05) is 26.2 Å². The van der Waals surface area contributed by atoms with Gasteiger partial charge in [0.15, 0.2) is 0 Å². The van der Waals surface area contributed by atoms with E-state index in [0.717, 1.165) is 45.8 Å². The van der Waals surface area contributed by atoms with Crippen LogP contribution in [0.3, 0.4) is 0 Å². The molecular weight excluding hydrogens is 268 g/mol. The van der Waals surface area contributed by atoms with Crippen molar-refractivity contribution in [1.29, 1.82) is 0 Å². The van der Waals surface area contributed by atoms with Crippen LogP contribution in [0.5, 0.6) is 0 Å². The van der Waals surface area contributed by atoms with E-state index in [1.54, 1.807) is 0 Å². The molecule has 0 aromatic rings. The zero-order valence-electron chi connectivity index (χ0n) is 14.6. The zero-order valence-corrected chi connectivity index (χ0v) is 14.6. The van der Waals surface area contributed by atoms with Crippen molar-refractivity contribution in [2.24, 2.45) is 0 Å². The van der Waals surface area contributed by atoms with Crippen molar-refractivity contribution in [3.8, 4) is 0 Å². The van der Waals surface area contributed by atoms with Gasteiger partial charge >= 0.3 is 6.09 Å². The van der Waals surface area contributed by atoms with Crippen LogP contribution in [-0.4, -0.2) is 66.4 Å². The summed E-state index contributed by atoms with van der Waals surface area (Å²) in [7, 11) is 0. The first-order valence-electron chi connectivity index (χ1n) is 7.91. The molecule has 0 spiro atoms. The molecule has 0 atom stereocenters. The molecule has 0 unspecified atom stereocenters. The number of carbonyl (C=O) groups is 1. The number of carbonyl (C=O) groups excluding carboxylic acids is 1. The average Bonchev–Trinajstić information content (AvgIpc) is 2.50. The SMILES string of the molecule is CC(C)(C)OCCN1CCCN(C(=O)OC(C)(C)C)CC1. The molecule has 0 bridgehead atoms. The second-order valence-electron chi connectivity index (χ2n) is 7.62. The van der Waals surface area contributed by atoms with Gasteiger partial charge in [0.25, 0.3) is 0 Å². The van der Waals surface area contributed by atoms with Gasteiger partial charge in [-0.2, -0.15) is 0 Å². The van der Waals surface area contributed by atoms with E-state index in [2.05, 4.69) is 25.7 Å². The molecule has 1 amide bonds. The van der Waals surface area contributed by atoms with Crippen LogP contribution in [-0.2, 0) is 9.47 Å². The lowest BCUT2D eigenvalue weighted by atomic mass is 10.2. The first-order chi connectivity index (χ1) is 9.57. The van der Waals surface area contributed by atoms with Crippen LogP contribution in [0.2, 0.25) is 0 Å². The van der Waals surface area contributed by atoms with Crippen LogP contribution in [0.15, 0.2) is 0 Å². The largest absolute Gasteiger partial charge is 0.444 e. The van der Waals surface area contributed by atoms with E-state index in [0.29, 0.717) is 0 Å². The highest BCUT2D eigenvalue weighted by Gasteiger charge is 2.24. The molecule has 124 valence electrons. The number of amides is 1. The molecule has 1 saturated heterocycles. The van der Waals surface area contributed by atoms with Gasteiger partial charge in [-0.25, -0.2) is 4.79 Å². The Kier molecular flexibility index (Phi) is 6.47. The Morgan fingerprint density at radius 1 is 0.952 bits per heavy atom. The molecule has 1 aliphatic heterocycles. The van der Waals surface area contributed by atoms with Crippen LogP contribution in [0.4, 0.5) is 4.79 Å². The summed E-state index contributed by atoms with van der Waals surface area (Å²) in [5.74, 6) is 0. The maximum Gasteiger partial charge on any atom is 0.410 e. The van der Waals surface area contributed by atoms with Crippen molar-refractivity contribution in [3.63, 3.8) is 0 Å². The minimum absolute atomic E-state index is 0.0889. The van der Waals surface area contributed by atoms with Gasteiger partial charge in [-0.3, -0.25) is 4.90 Å². The highest BCUT2D eigenvalue weighted by molar-refractivity contribution is 5.68. The number of rotatable bonds is 3. The minimum atomic E-state index is -0.427. The third-order valence-corrected chi connectivity index (χ3v) is 3.18. The predicted molar refractivity (Wildman–Crippen MR) is 84.6 cm³/mol. The Bertz CT molecular complexity index is 331. The van der Waals surface area contributed by atoms with Gasteiger partial charge in [0.05, 0.1) is 12.2 Å². The second kappa shape index (κ2) is 7.45. The lowest BCUT2D eigenvalue weighted by molar-refractivity contribution is -0.0127. The average molecular weight is 300 g/mol. The van der Waals surface area contributed by atoms with Crippen LogP contribution < -0.4 is 0 Å². The molecule has 1 aliphatic rings. The summed E-state index contributed by atoms with van der Waals surface area (Å²) in [6.07, 6.45) is 0.782. The van der Waals surface area contributed by atoms with Gasteiger partial charge in [0.2, 0.25) is 0 Å². The normalized spacial score (nSPS) is 18.5. The third kappa shape index (κ3) is 8.27. The predicted octanol–water partition coefficient (Wildman–Crippen LogP) is 2.74. The molecule has 21 heavy (non-hydrogen) atoms. The topological polar surface area (TPSA) is 42.0 Å². The number of ether oxygens (including phenoxy) is 2. The fourth-order valence-electron chi connectivity index (χ4n) is 2.18. The van der Waals surface area contributed by atoms with Crippen molar-refractivity contribution in [2.45, 2.75) is 59.2 Å². The molecule has 1 rings (SSSR count). The molecule has 0 aromatic carbocycles. The van der Waals surface area contributed by atoms with Gasteiger partial charge in [-0.1, -0.05) is 0 Å². The fourth-order valence-corrected chi connectivity index (χ4v) is 2.18. The number of hydrogen-bond donors (Lipinski definition) is 0. The van der Waals surface area contributed by atoms with Crippen LogP contribution in [0.25, 0.3) is 0 Å². The third-order valence-electron chi connectivity index (χ3n) is 3.18. The first kappa shape index (κ1) is 18.2. The van der Waals surface area contributed by atoms with Crippen molar-refractivity contribution < 1.29 is 14.3 Å². The molecule has 0 radical (unpaired) electrons. The van der Waals surface area contributed by atoms with E-state index in [9.17, 15) is 4.79 Å². The van der Waals surface area contributed by atoms with Gasteiger partial charge in [-0.05, 0) is 54.5 Å². The van der Waals surface area contributed by atoms with Gasteiger partial charge in [-0.15, -0.1) is 0 Å². The second-order valence-corrected chi connectivity index (χ2v) is 7.62. The van der Waals surface area contributed by atoms with E-state index in [1.165, 1.54) is 0 Å². The smallest absolute Gasteiger partial charge is 0.410 e. The van der Waals surface area contributed by atoms with Crippen molar-refractivity contribution in [2.75, 3.05) is 39.3 Å². The summed E-state index contributed by atoms with van der Waals surface area (Å²) in [5.41, 5.74) is -0.516. The van der Waals surface area contributed by atoms with Crippen LogP contribution in [0.1, 0.15) is 48.0 Å². The zero-order chi connectivity index (χ0) is 16.1. The first-order valence-corrected chi connectivity index (χ1v) is 7.91. The molecule has 0 aromatic heterocycles. The highest BCUT2D eigenvalue weighted by Crippen LogP contribution is 2.12.